The summed E-state index contributed by atoms with van der Waals surface area (Å²) in [5.41, 5.74) is 1.20. The Balaban J connectivity index is 1.78. The molecule has 1 aliphatic heterocycles. The first-order valence-electron chi connectivity index (χ1n) is 6.33. The normalized spacial score (nSPS) is 19.9. The third-order valence-electron chi connectivity index (χ3n) is 3.32. The summed E-state index contributed by atoms with van der Waals surface area (Å²) < 4.78 is 5.62. The maximum atomic E-state index is 11.0. The van der Waals surface area contributed by atoms with Gasteiger partial charge in [-0.25, -0.2) is 0 Å². The Morgan fingerprint density at radius 1 is 1.44 bits per heavy atom. The molecule has 1 aromatic rings. The van der Waals surface area contributed by atoms with Crippen LogP contribution in [0.5, 0.6) is 5.75 Å². The van der Waals surface area contributed by atoms with Gasteiger partial charge < -0.3 is 9.84 Å². The molecule has 4 heteroatoms. The number of carboxylic acid groups (broad SMARTS) is 1. The third-order valence-corrected chi connectivity index (χ3v) is 3.32. The number of aliphatic carboxylic acids is 1. The standard InChI is InChI=1S/C14H19NO3/c1-11-4-6-12(7-5-11)18-10-9-15-8-2-3-13(15)14(16)17/h4-7,13H,2-3,8-10H2,1H3,(H,16,17). The largest absolute Gasteiger partial charge is 0.492 e. The molecule has 0 spiro atoms. The number of ether oxygens (including phenoxy) is 1. The summed E-state index contributed by atoms with van der Waals surface area (Å²) in [5.74, 6) is 0.120. The Morgan fingerprint density at radius 2 is 2.17 bits per heavy atom. The molecule has 0 aromatic heterocycles. The second-order valence-corrected chi connectivity index (χ2v) is 4.69. The van der Waals surface area contributed by atoms with Gasteiger partial charge in [0.2, 0.25) is 0 Å². The van der Waals surface area contributed by atoms with Gasteiger partial charge in [-0.2, -0.15) is 0 Å². The number of likely N-dealkylation sites (tertiary alicyclic amines) is 1. The zero-order chi connectivity index (χ0) is 13.0. The number of rotatable bonds is 5. The highest BCUT2D eigenvalue weighted by Crippen LogP contribution is 2.17. The zero-order valence-corrected chi connectivity index (χ0v) is 10.6. The fourth-order valence-corrected chi connectivity index (χ4v) is 2.29. The second kappa shape index (κ2) is 5.87. The van der Waals surface area contributed by atoms with E-state index in [9.17, 15) is 4.79 Å². The van der Waals surface area contributed by atoms with E-state index in [2.05, 4.69) is 0 Å². The average molecular weight is 249 g/mol. The number of hydrogen-bond acceptors (Lipinski definition) is 3. The summed E-state index contributed by atoms with van der Waals surface area (Å²) in [6.45, 7) is 4.09. The van der Waals surface area contributed by atoms with Crippen LogP contribution in [0.15, 0.2) is 24.3 Å². The quantitative estimate of drug-likeness (QED) is 0.866. The van der Waals surface area contributed by atoms with Crippen molar-refractivity contribution in [3.63, 3.8) is 0 Å². The highest BCUT2D eigenvalue weighted by Gasteiger charge is 2.29. The highest BCUT2D eigenvalue weighted by atomic mass is 16.5. The van der Waals surface area contributed by atoms with Gasteiger partial charge in [-0.15, -0.1) is 0 Å². The molecule has 1 saturated heterocycles. The lowest BCUT2D eigenvalue weighted by Crippen LogP contribution is -2.38. The maximum Gasteiger partial charge on any atom is 0.320 e. The summed E-state index contributed by atoms with van der Waals surface area (Å²) in [6.07, 6.45) is 1.71. The second-order valence-electron chi connectivity index (χ2n) is 4.69. The van der Waals surface area contributed by atoms with Crippen molar-refractivity contribution >= 4 is 5.97 Å². The van der Waals surface area contributed by atoms with Crippen molar-refractivity contribution in [2.24, 2.45) is 0 Å². The van der Waals surface area contributed by atoms with Gasteiger partial charge in [0.05, 0.1) is 0 Å². The molecule has 98 valence electrons. The molecule has 1 N–H and O–H groups in total. The number of hydrogen-bond donors (Lipinski definition) is 1. The molecule has 1 aliphatic rings. The molecule has 0 aliphatic carbocycles. The van der Waals surface area contributed by atoms with Crippen LogP contribution in [0.4, 0.5) is 0 Å². The van der Waals surface area contributed by atoms with Crippen LogP contribution in [0.2, 0.25) is 0 Å². The summed E-state index contributed by atoms with van der Waals surface area (Å²) in [6, 6.07) is 7.56. The zero-order valence-electron chi connectivity index (χ0n) is 10.6. The van der Waals surface area contributed by atoms with E-state index in [1.165, 1.54) is 5.56 Å². The number of nitrogens with zero attached hydrogens (tertiary/aromatic N) is 1. The SMILES string of the molecule is Cc1ccc(OCCN2CCCC2C(=O)O)cc1. The molecule has 1 atom stereocenters. The van der Waals surface area contributed by atoms with Crippen LogP contribution in [-0.4, -0.2) is 41.7 Å². The lowest BCUT2D eigenvalue weighted by Gasteiger charge is -2.20. The molecule has 18 heavy (non-hydrogen) atoms. The minimum absolute atomic E-state index is 0.327. The first-order valence-corrected chi connectivity index (χ1v) is 6.33. The Bertz CT molecular complexity index is 402. The van der Waals surface area contributed by atoms with Crippen molar-refractivity contribution in [2.45, 2.75) is 25.8 Å². The van der Waals surface area contributed by atoms with Crippen LogP contribution in [0, 0.1) is 6.92 Å². The van der Waals surface area contributed by atoms with Crippen molar-refractivity contribution in [2.75, 3.05) is 19.7 Å². The fourth-order valence-electron chi connectivity index (χ4n) is 2.29. The summed E-state index contributed by atoms with van der Waals surface area (Å²) >= 11 is 0. The van der Waals surface area contributed by atoms with Crippen molar-refractivity contribution in [1.82, 2.24) is 4.90 Å². The highest BCUT2D eigenvalue weighted by molar-refractivity contribution is 5.73. The van der Waals surface area contributed by atoms with E-state index in [4.69, 9.17) is 9.84 Å². The van der Waals surface area contributed by atoms with Crippen LogP contribution in [0.25, 0.3) is 0 Å². The monoisotopic (exact) mass is 249 g/mol. The Labute approximate surface area is 107 Å². The molecule has 0 saturated carbocycles. The van der Waals surface area contributed by atoms with Crippen molar-refractivity contribution in [1.29, 1.82) is 0 Å². The van der Waals surface area contributed by atoms with Gasteiger partial charge in [-0.3, -0.25) is 9.69 Å². The van der Waals surface area contributed by atoms with Crippen LogP contribution >= 0.6 is 0 Å². The Morgan fingerprint density at radius 3 is 2.83 bits per heavy atom. The summed E-state index contributed by atoms with van der Waals surface area (Å²) in [4.78, 5) is 13.0. The van der Waals surface area contributed by atoms with Crippen LogP contribution in [-0.2, 0) is 4.79 Å². The molecule has 2 rings (SSSR count). The van der Waals surface area contributed by atoms with Crippen molar-refractivity contribution < 1.29 is 14.6 Å². The van der Waals surface area contributed by atoms with E-state index in [1.807, 2.05) is 36.1 Å². The molecule has 1 unspecified atom stereocenters. The van der Waals surface area contributed by atoms with E-state index < -0.39 is 5.97 Å². The van der Waals surface area contributed by atoms with Crippen LogP contribution in [0.1, 0.15) is 18.4 Å². The van der Waals surface area contributed by atoms with Crippen LogP contribution in [0.3, 0.4) is 0 Å². The topological polar surface area (TPSA) is 49.8 Å². The lowest BCUT2D eigenvalue weighted by atomic mass is 10.2. The van der Waals surface area contributed by atoms with Gasteiger partial charge >= 0.3 is 5.97 Å². The number of carboxylic acids is 1. The predicted molar refractivity (Wildman–Crippen MR) is 68.9 cm³/mol. The summed E-state index contributed by atoms with van der Waals surface area (Å²) in [5, 5.41) is 9.05. The van der Waals surface area contributed by atoms with Gasteiger partial charge in [-0.05, 0) is 38.4 Å². The third kappa shape index (κ3) is 3.23. The molecule has 0 radical (unpaired) electrons. The maximum absolute atomic E-state index is 11.0. The molecule has 4 nitrogen and oxygen atoms in total. The van der Waals surface area contributed by atoms with Crippen molar-refractivity contribution in [3.05, 3.63) is 29.8 Å². The first kappa shape index (κ1) is 12.9. The van der Waals surface area contributed by atoms with Gasteiger partial charge in [-0.1, -0.05) is 17.7 Å². The number of benzene rings is 1. The molecule has 1 aromatic carbocycles. The van der Waals surface area contributed by atoms with Gasteiger partial charge in [0.1, 0.15) is 18.4 Å². The molecule has 1 heterocycles. The Hall–Kier alpha value is -1.55. The molecule has 1 fully saturated rings. The van der Waals surface area contributed by atoms with E-state index >= 15 is 0 Å². The Kier molecular flexibility index (Phi) is 4.20. The minimum atomic E-state index is -0.720. The minimum Gasteiger partial charge on any atom is -0.492 e. The van der Waals surface area contributed by atoms with E-state index in [1.54, 1.807) is 0 Å². The lowest BCUT2D eigenvalue weighted by molar-refractivity contribution is -0.142. The van der Waals surface area contributed by atoms with Gasteiger partial charge in [0.25, 0.3) is 0 Å². The van der Waals surface area contributed by atoms with Crippen LogP contribution < -0.4 is 4.74 Å². The van der Waals surface area contributed by atoms with Gasteiger partial charge in [0.15, 0.2) is 0 Å². The van der Waals surface area contributed by atoms with E-state index in [0.29, 0.717) is 13.2 Å². The molecule has 0 amide bonds. The summed E-state index contributed by atoms with van der Waals surface area (Å²) in [7, 11) is 0. The molecular weight excluding hydrogens is 230 g/mol. The van der Waals surface area contributed by atoms with Gasteiger partial charge in [0, 0.05) is 6.54 Å². The van der Waals surface area contributed by atoms with E-state index in [0.717, 1.165) is 25.1 Å². The average Bonchev–Trinajstić information content (AvgIpc) is 2.80. The first-order chi connectivity index (χ1) is 8.66. The van der Waals surface area contributed by atoms with E-state index in [-0.39, 0.29) is 6.04 Å². The fraction of sp³-hybridized carbons (Fsp3) is 0.500. The number of carbonyl (C=O) groups is 1. The smallest absolute Gasteiger partial charge is 0.320 e. The molecule has 0 bridgehead atoms. The van der Waals surface area contributed by atoms with Crippen molar-refractivity contribution in [3.8, 4) is 5.75 Å². The predicted octanol–water partition coefficient (Wildman–Crippen LogP) is 1.92. The molecular formula is C14H19NO3. The number of aryl methyl sites for hydroxylation is 1.